The lowest BCUT2D eigenvalue weighted by atomic mass is 9.98. The van der Waals surface area contributed by atoms with Gasteiger partial charge in [-0.05, 0) is 50.6 Å². The smallest absolute Gasteiger partial charge is 0.0650 e. The number of piperidine rings is 1. The minimum Gasteiger partial charge on any atom is -0.310 e. The average Bonchev–Trinajstić information content (AvgIpc) is 3.03. The van der Waals surface area contributed by atoms with Crippen molar-refractivity contribution < 1.29 is 0 Å². The summed E-state index contributed by atoms with van der Waals surface area (Å²) in [4.78, 5) is 2.44. The molecule has 0 saturated carbocycles. The van der Waals surface area contributed by atoms with Crippen molar-refractivity contribution in [1.82, 2.24) is 20.4 Å². The Balaban J connectivity index is 1.54. The molecule has 2 N–H and O–H groups in total. The highest BCUT2D eigenvalue weighted by molar-refractivity contribution is 5.58. The molecule has 3 rings (SSSR count). The van der Waals surface area contributed by atoms with E-state index in [1.54, 1.807) is 6.20 Å². The molecule has 1 aliphatic rings. The minimum atomic E-state index is 0.642. The molecule has 2 unspecified atom stereocenters. The van der Waals surface area contributed by atoms with Gasteiger partial charge in [0.1, 0.15) is 0 Å². The van der Waals surface area contributed by atoms with Crippen LogP contribution in [-0.2, 0) is 6.54 Å². The maximum absolute atomic E-state index is 3.99. The van der Waals surface area contributed by atoms with Crippen molar-refractivity contribution in [3.05, 3.63) is 42.1 Å². The van der Waals surface area contributed by atoms with Gasteiger partial charge in [0.25, 0.3) is 0 Å². The molecule has 1 aromatic carbocycles. The van der Waals surface area contributed by atoms with Crippen LogP contribution in [0.5, 0.6) is 0 Å². The summed E-state index contributed by atoms with van der Waals surface area (Å²) in [6.07, 6.45) is 4.27. The molecule has 0 aliphatic carbocycles. The SMILES string of the molecule is CC1CC(NCc2ccc(-c3ccn[nH]3)cc2)CCN1C. The molecule has 1 fully saturated rings. The lowest BCUT2D eigenvalue weighted by Crippen LogP contribution is -2.45. The van der Waals surface area contributed by atoms with Gasteiger partial charge < -0.3 is 10.2 Å². The lowest BCUT2D eigenvalue weighted by Gasteiger charge is -2.35. The normalized spacial score (nSPS) is 23.3. The standard InChI is InChI=1S/C17H24N4/c1-13-11-16(8-10-21(13)2)18-12-14-3-5-15(6-4-14)17-7-9-19-20-17/h3-7,9,13,16,18H,8,10-12H2,1-2H3,(H,19,20). The second-order valence-electron chi connectivity index (χ2n) is 6.10. The van der Waals surface area contributed by atoms with Crippen LogP contribution in [0.3, 0.4) is 0 Å². The zero-order valence-electron chi connectivity index (χ0n) is 12.8. The van der Waals surface area contributed by atoms with Gasteiger partial charge in [-0.2, -0.15) is 5.10 Å². The van der Waals surface area contributed by atoms with Crippen molar-refractivity contribution in [3.8, 4) is 11.3 Å². The Kier molecular flexibility index (Phi) is 4.36. The van der Waals surface area contributed by atoms with E-state index in [-0.39, 0.29) is 0 Å². The number of H-pyrrole nitrogens is 1. The molecule has 2 aromatic rings. The third kappa shape index (κ3) is 3.52. The first-order valence-electron chi connectivity index (χ1n) is 7.74. The Bertz CT molecular complexity index is 547. The fraction of sp³-hybridized carbons (Fsp3) is 0.471. The van der Waals surface area contributed by atoms with E-state index in [1.807, 2.05) is 6.07 Å². The quantitative estimate of drug-likeness (QED) is 0.907. The molecular weight excluding hydrogens is 260 g/mol. The fourth-order valence-corrected chi connectivity index (χ4v) is 2.96. The van der Waals surface area contributed by atoms with Crippen molar-refractivity contribution in [2.75, 3.05) is 13.6 Å². The summed E-state index contributed by atoms with van der Waals surface area (Å²) < 4.78 is 0. The lowest BCUT2D eigenvalue weighted by molar-refractivity contribution is 0.168. The number of nitrogens with zero attached hydrogens (tertiary/aromatic N) is 2. The molecule has 0 amide bonds. The Hall–Kier alpha value is -1.65. The van der Waals surface area contributed by atoms with E-state index >= 15 is 0 Å². The molecule has 0 radical (unpaired) electrons. The molecule has 112 valence electrons. The molecular formula is C17H24N4. The second-order valence-corrected chi connectivity index (χ2v) is 6.10. The number of hydrogen-bond acceptors (Lipinski definition) is 3. The van der Waals surface area contributed by atoms with Crippen LogP contribution in [0.1, 0.15) is 25.3 Å². The number of hydrogen-bond donors (Lipinski definition) is 2. The van der Waals surface area contributed by atoms with Gasteiger partial charge in [-0.3, -0.25) is 5.10 Å². The summed E-state index contributed by atoms with van der Waals surface area (Å²) in [5, 5.41) is 10.7. The van der Waals surface area contributed by atoms with Gasteiger partial charge in [0.05, 0.1) is 5.69 Å². The van der Waals surface area contributed by atoms with Crippen LogP contribution in [0.25, 0.3) is 11.3 Å². The van der Waals surface area contributed by atoms with Crippen molar-refractivity contribution in [2.45, 2.75) is 38.4 Å². The Morgan fingerprint density at radius 2 is 2.10 bits per heavy atom. The van der Waals surface area contributed by atoms with E-state index in [2.05, 4.69) is 58.7 Å². The van der Waals surface area contributed by atoms with Gasteiger partial charge in [0, 0.05) is 24.8 Å². The topological polar surface area (TPSA) is 44.0 Å². The van der Waals surface area contributed by atoms with Gasteiger partial charge in [-0.15, -0.1) is 0 Å². The first-order valence-corrected chi connectivity index (χ1v) is 7.74. The highest BCUT2D eigenvalue weighted by atomic mass is 15.1. The van der Waals surface area contributed by atoms with Crippen LogP contribution in [0.15, 0.2) is 36.5 Å². The maximum Gasteiger partial charge on any atom is 0.0650 e. The molecule has 2 atom stereocenters. The highest BCUT2D eigenvalue weighted by Crippen LogP contribution is 2.18. The first-order chi connectivity index (χ1) is 10.2. The van der Waals surface area contributed by atoms with Gasteiger partial charge >= 0.3 is 0 Å². The fourth-order valence-electron chi connectivity index (χ4n) is 2.96. The number of nitrogens with one attached hydrogen (secondary N) is 2. The summed E-state index contributed by atoms with van der Waals surface area (Å²) in [6, 6.07) is 12.0. The first kappa shape index (κ1) is 14.3. The van der Waals surface area contributed by atoms with Gasteiger partial charge in [0.2, 0.25) is 0 Å². The van der Waals surface area contributed by atoms with Crippen LogP contribution < -0.4 is 5.32 Å². The van der Waals surface area contributed by atoms with E-state index in [9.17, 15) is 0 Å². The number of rotatable bonds is 4. The molecule has 1 aliphatic heterocycles. The van der Waals surface area contributed by atoms with Crippen LogP contribution in [0.2, 0.25) is 0 Å². The van der Waals surface area contributed by atoms with E-state index < -0.39 is 0 Å². The number of aromatic nitrogens is 2. The minimum absolute atomic E-state index is 0.642. The van der Waals surface area contributed by atoms with E-state index in [4.69, 9.17) is 0 Å². The predicted molar refractivity (Wildman–Crippen MR) is 86.0 cm³/mol. The summed E-state index contributed by atoms with van der Waals surface area (Å²) in [6.45, 7) is 4.45. The van der Waals surface area contributed by atoms with Gasteiger partial charge in [-0.25, -0.2) is 0 Å². The number of aromatic amines is 1. The molecule has 2 heterocycles. The van der Waals surface area contributed by atoms with Crippen molar-refractivity contribution >= 4 is 0 Å². The zero-order chi connectivity index (χ0) is 14.7. The van der Waals surface area contributed by atoms with Crippen LogP contribution in [0.4, 0.5) is 0 Å². The Morgan fingerprint density at radius 1 is 1.29 bits per heavy atom. The predicted octanol–water partition coefficient (Wildman–Crippen LogP) is 2.65. The monoisotopic (exact) mass is 284 g/mol. The second kappa shape index (κ2) is 6.41. The van der Waals surface area contributed by atoms with Crippen molar-refractivity contribution in [2.24, 2.45) is 0 Å². The van der Waals surface area contributed by atoms with Gasteiger partial charge in [0.15, 0.2) is 0 Å². The third-order valence-corrected chi connectivity index (χ3v) is 4.57. The molecule has 4 heteroatoms. The van der Waals surface area contributed by atoms with Crippen LogP contribution in [0, 0.1) is 0 Å². The molecule has 4 nitrogen and oxygen atoms in total. The van der Waals surface area contributed by atoms with E-state index in [1.165, 1.54) is 30.5 Å². The average molecular weight is 284 g/mol. The number of likely N-dealkylation sites (tertiary alicyclic amines) is 1. The molecule has 21 heavy (non-hydrogen) atoms. The molecule has 1 saturated heterocycles. The van der Waals surface area contributed by atoms with Crippen molar-refractivity contribution in [1.29, 1.82) is 0 Å². The van der Waals surface area contributed by atoms with Gasteiger partial charge in [-0.1, -0.05) is 24.3 Å². The van der Waals surface area contributed by atoms with Crippen LogP contribution in [-0.4, -0.2) is 40.8 Å². The molecule has 0 bridgehead atoms. The summed E-state index contributed by atoms with van der Waals surface area (Å²) in [5.74, 6) is 0. The maximum atomic E-state index is 3.99. The van der Waals surface area contributed by atoms with Crippen LogP contribution >= 0.6 is 0 Å². The Labute approximate surface area is 126 Å². The third-order valence-electron chi connectivity index (χ3n) is 4.57. The largest absolute Gasteiger partial charge is 0.310 e. The highest BCUT2D eigenvalue weighted by Gasteiger charge is 2.21. The summed E-state index contributed by atoms with van der Waals surface area (Å²) in [5.41, 5.74) is 3.59. The zero-order valence-corrected chi connectivity index (χ0v) is 12.8. The Morgan fingerprint density at radius 3 is 2.76 bits per heavy atom. The van der Waals surface area contributed by atoms with Crippen molar-refractivity contribution in [3.63, 3.8) is 0 Å². The molecule has 0 spiro atoms. The summed E-state index contributed by atoms with van der Waals surface area (Å²) in [7, 11) is 2.22. The summed E-state index contributed by atoms with van der Waals surface area (Å²) >= 11 is 0. The van der Waals surface area contributed by atoms with E-state index in [0.29, 0.717) is 12.1 Å². The van der Waals surface area contributed by atoms with E-state index in [0.717, 1.165) is 12.2 Å². The number of benzene rings is 1. The molecule has 1 aromatic heterocycles.